The van der Waals surface area contributed by atoms with Crippen molar-refractivity contribution in [3.8, 4) is 0 Å². The van der Waals surface area contributed by atoms with Gasteiger partial charge in [-0.2, -0.15) is 0 Å². The van der Waals surface area contributed by atoms with Crippen LogP contribution in [-0.4, -0.2) is 49.2 Å². The topological polar surface area (TPSA) is 41.6 Å². The second kappa shape index (κ2) is 6.26. The van der Waals surface area contributed by atoms with Gasteiger partial charge in [-0.1, -0.05) is 13.8 Å². The molecule has 0 aliphatic carbocycles. The number of hydrogen-bond acceptors (Lipinski definition) is 3. The molecule has 17 heavy (non-hydrogen) atoms. The molecule has 0 bridgehead atoms. The highest BCUT2D eigenvalue weighted by molar-refractivity contribution is 5.83. The number of alkyl halides is 2. The zero-order chi connectivity index (χ0) is 13.0. The van der Waals surface area contributed by atoms with E-state index in [2.05, 4.69) is 5.32 Å². The molecule has 0 aromatic heterocycles. The van der Waals surface area contributed by atoms with Crippen LogP contribution in [0.3, 0.4) is 0 Å². The summed E-state index contributed by atoms with van der Waals surface area (Å²) in [6.07, 6.45) is -2.49. The van der Waals surface area contributed by atoms with Gasteiger partial charge in [-0.15, -0.1) is 0 Å². The minimum Gasteiger partial charge on any atom is -0.374 e. The van der Waals surface area contributed by atoms with Crippen molar-refractivity contribution in [1.82, 2.24) is 10.2 Å². The maximum atomic E-state index is 11.9. The Morgan fingerprint density at radius 2 is 2.12 bits per heavy atom. The highest BCUT2D eigenvalue weighted by Crippen LogP contribution is 2.16. The van der Waals surface area contributed by atoms with Crippen LogP contribution in [0.5, 0.6) is 0 Å². The Morgan fingerprint density at radius 3 is 2.65 bits per heavy atom. The van der Waals surface area contributed by atoms with Gasteiger partial charge in [0.25, 0.3) is 6.43 Å². The second-order valence-electron chi connectivity index (χ2n) is 4.57. The van der Waals surface area contributed by atoms with E-state index >= 15 is 0 Å². The molecule has 1 rings (SSSR count). The Bertz CT molecular complexity index is 262. The van der Waals surface area contributed by atoms with E-state index in [-0.39, 0.29) is 30.6 Å². The molecule has 0 aromatic carbocycles. The lowest BCUT2D eigenvalue weighted by molar-refractivity contribution is -0.131. The molecule has 100 valence electrons. The van der Waals surface area contributed by atoms with Gasteiger partial charge in [-0.05, 0) is 12.8 Å². The van der Waals surface area contributed by atoms with E-state index < -0.39 is 13.0 Å². The first-order chi connectivity index (χ1) is 7.93. The van der Waals surface area contributed by atoms with Crippen molar-refractivity contribution in [1.29, 1.82) is 0 Å². The predicted octanol–water partition coefficient (Wildman–Crippen LogP) is 1.07. The zero-order valence-electron chi connectivity index (χ0n) is 10.5. The van der Waals surface area contributed by atoms with Crippen LogP contribution in [0, 0.1) is 5.92 Å². The average Bonchev–Trinajstić information content (AvgIpc) is 2.51. The first-order valence-corrected chi connectivity index (χ1v) is 5.86. The largest absolute Gasteiger partial charge is 0.374 e. The molecule has 1 aliphatic heterocycles. The lowest BCUT2D eigenvalue weighted by Crippen LogP contribution is -2.43. The van der Waals surface area contributed by atoms with Crippen molar-refractivity contribution in [3.05, 3.63) is 0 Å². The number of rotatable bonds is 6. The first-order valence-electron chi connectivity index (χ1n) is 5.86. The van der Waals surface area contributed by atoms with Gasteiger partial charge in [0.05, 0.1) is 18.8 Å². The lowest BCUT2D eigenvalue weighted by atomic mass is 10.1. The number of carbonyl (C=O) groups is 1. The third-order valence-electron chi connectivity index (χ3n) is 2.76. The Labute approximate surface area is 100 Å². The van der Waals surface area contributed by atoms with Crippen molar-refractivity contribution in [2.75, 3.05) is 19.8 Å². The molecule has 1 aliphatic rings. The molecule has 2 unspecified atom stereocenters. The van der Waals surface area contributed by atoms with Gasteiger partial charge >= 0.3 is 0 Å². The summed E-state index contributed by atoms with van der Waals surface area (Å²) in [5.74, 6) is 0.281. The molecule has 1 N–H and O–H groups in total. The Kier molecular flexibility index (Phi) is 5.27. The number of hydrogen-bond donors (Lipinski definition) is 1. The summed E-state index contributed by atoms with van der Waals surface area (Å²) >= 11 is 0. The highest BCUT2D eigenvalue weighted by Gasteiger charge is 2.37. The maximum Gasteiger partial charge on any atom is 0.261 e. The smallest absolute Gasteiger partial charge is 0.261 e. The van der Waals surface area contributed by atoms with Gasteiger partial charge in [0, 0.05) is 6.54 Å². The van der Waals surface area contributed by atoms with Crippen molar-refractivity contribution in [2.45, 2.75) is 39.4 Å². The van der Waals surface area contributed by atoms with Gasteiger partial charge in [0.1, 0.15) is 6.61 Å². The minimum absolute atomic E-state index is 0.00402. The zero-order valence-corrected chi connectivity index (χ0v) is 10.5. The predicted molar refractivity (Wildman–Crippen MR) is 59.8 cm³/mol. The Balaban J connectivity index is 2.41. The lowest BCUT2D eigenvalue weighted by Gasteiger charge is -2.27. The number of amides is 1. The highest BCUT2D eigenvalue weighted by atomic mass is 19.3. The standard InChI is InChI=1S/C11H20F2N2O2/c1-7(2)10-14-8(3)11(16)15(10)4-5-17-6-9(12)13/h7-10,14H,4-6H2,1-3H3. The van der Waals surface area contributed by atoms with E-state index in [9.17, 15) is 13.6 Å². The molecule has 1 amide bonds. The van der Waals surface area contributed by atoms with Gasteiger partial charge in [0.2, 0.25) is 5.91 Å². The summed E-state index contributed by atoms with van der Waals surface area (Å²) in [4.78, 5) is 13.5. The molecule has 0 radical (unpaired) electrons. The minimum atomic E-state index is -2.46. The summed E-state index contributed by atoms with van der Waals surface area (Å²) in [6, 6.07) is -0.211. The van der Waals surface area contributed by atoms with Crippen molar-refractivity contribution < 1.29 is 18.3 Å². The maximum absolute atomic E-state index is 11.9. The fourth-order valence-electron chi connectivity index (χ4n) is 1.94. The first kappa shape index (κ1) is 14.3. The van der Waals surface area contributed by atoms with Crippen molar-refractivity contribution >= 4 is 5.91 Å². The molecular formula is C11H20F2N2O2. The van der Waals surface area contributed by atoms with Crippen LogP contribution in [0.1, 0.15) is 20.8 Å². The number of ether oxygens (including phenoxy) is 1. The Morgan fingerprint density at radius 1 is 1.47 bits per heavy atom. The normalized spacial score (nSPS) is 25.4. The van der Waals surface area contributed by atoms with Crippen LogP contribution in [0.2, 0.25) is 0 Å². The average molecular weight is 250 g/mol. The van der Waals surface area contributed by atoms with Gasteiger partial charge in [-0.3, -0.25) is 10.1 Å². The molecular weight excluding hydrogens is 230 g/mol. The molecule has 4 nitrogen and oxygen atoms in total. The van der Waals surface area contributed by atoms with Gasteiger partial charge in [0.15, 0.2) is 0 Å². The third kappa shape index (κ3) is 3.89. The van der Waals surface area contributed by atoms with E-state index in [4.69, 9.17) is 4.74 Å². The second-order valence-corrected chi connectivity index (χ2v) is 4.57. The third-order valence-corrected chi connectivity index (χ3v) is 2.76. The number of nitrogens with one attached hydrogen (secondary N) is 1. The molecule has 0 aromatic rings. The van der Waals surface area contributed by atoms with Crippen LogP contribution in [0.25, 0.3) is 0 Å². The number of nitrogens with zero attached hydrogens (tertiary/aromatic N) is 1. The van der Waals surface area contributed by atoms with Crippen LogP contribution >= 0.6 is 0 Å². The number of halogens is 2. The summed E-state index contributed by atoms with van der Waals surface area (Å²) in [5, 5.41) is 3.18. The molecule has 1 saturated heterocycles. The molecule has 1 heterocycles. The SMILES string of the molecule is CC1NC(C(C)C)N(CCOCC(F)F)C1=O. The molecule has 2 atom stereocenters. The van der Waals surface area contributed by atoms with Crippen molar-refractivity contribution in [2.24, 2.45) is 5.92 Å². The quantitative estimate of drug-likeness (QED) is 0.717. The molecule has 0 saturated carbocycles. The fourth-order valence-corrected chi connectivity index (χ4v) is 1.94. The van der Waals surface area contributed by atoms with Crippen molar-refractivity contribution in [3.63, 3.8) is 0 Å². The summed E-state index contributed by atoms with van der Waals surface area (Å²) in [5.41, 5.74) is 0. The summed E-state index contributed by atoms with van der Waals surface area (Å²) < 4.78 is 28.5. The Hall–Kier alpha value is -0.750. The van der Waals surface area contributed by atoms with E-state index in [1.807, 2.05) is 13.8 Å². The van der Waals surface area contributed by atoms with E-state index in [0.29, 0.717) is 6.54 Å². The summed E-state index contributed by atoms with van der Waals surface area (Å²) in [6.45, 7) is 5.75. The van der Waals surface area contributed by atoms with Crippen LogP contribution in [0.15, 0.2) is 0 Å². The molecule has 1 fully saturated rings. The van der Waals surface area contributed by atoms with Gasteiger partial charge in [-0.25, -0.2) is 8.78 Å². The van der Waals surface area contributed by atoms with Crippen LogP contribution in [-0.2, 0) is 9.53 Å². The van der Waals surface area contributed by atoms with Crippen LogP contribution < -0.4 is 5.32 Å². The molecule has 6 heteroatoms. The summed E-state index contributed by atoms with van der Waals surface area (Å²) in [7, 11) is 0. The van der Waals surface area contributed by atoms with Crippen LogP contribution in [0.4, 0.5) is 8.78 Å². The van der Waals surface area contributed by atoms with E-state index in [1.165, 1.54) is 0 Å². The monoisotopic (exact) mass is 250 g/mol. The van der Waals surface area contributed by atoms with E-state index in [1.54, 1.807) is 11.8 Å². The van der Waals surface area contributed by atoms with Gasteiger partial charge < -0.3 is 9.64 Å². The molecule has 0 spiro atoms. The number of carbonyl (C=O) groups excluding carboxylic acids is 1. The fraction of sp³-hybridized carbons (Fsp3) is 0.909. The van der Waals surface area contributed by atoms with E-state index in [0.717, 1.165) is 0 Å².